The van der Waals surface area contributed by atoms with Crippen LogP contribution in [-0.4, -0.2) is 12.6 Å². The average Bonchev–Trinajstić information content (AvgIpc) is 2.92. The molecule has 3 atom stereocenters. The van der Waals surface area contributed by atoms with E-state index in [1.165, 1.54) is 57.1 Å². The molecule has 1 nitrogen and oxygen atoms in total. The minimum atomic E-state index is 0.785. The maximum atomic E-state index is 3.85. The van der Waals surface area contributed by atoms with Crippen molar-refractivity contribution in [1.29, 1.82) is 0 Å². The van der Waals surface area contributed by atoms with E-state index in [4.69, 9.17) is 0 Å². The summed E-state index contributed by atoms with van der Waals surface area (Å²) in [6.45, 7) is 3.48. The third kappa shape index (κ3) is 3.22. The Kier molecular flexibility index (Phi) is 4.60. The van der Waals surface area contributed by atoms with Crippen molar-refractivity contribution in [1.82, 2.24) is 5.32 Å². The number of rotatable bonds is 7. The summed E-state index contributed by atoms with van der Waals surface area (Å²) < 4.78 is 0. The summed E-state index contributed by atoms with van der Waals surface area (Å²) in [5, 5.41) is 8.38. The van der Waals surface area contributed by atoms with E-state index in [1.54, 1.807) is 0 Å². The molecular formula is C17H27NS. The molecule has 0 saturated heterocycles. The van der Waals surface area contributed by atoms with Crippen molar-refractivity contribution in [3.8, 4) is 0 Å². The van der Waals surface area contributed by atoms with E-state index < -0.39 is 0 Å². The number of aryl methyl sites for hydroxylation is 1. The molecular weight excluding hydrogens is 250 g/mol. The number of hydrogen-bond donors (Lipinski definition) is 1. The molecule has 1 heterocycles. The summed E-state index contributed by atoms with van der Waals surface area (Å²) in [4.78, 5) is 0. The lowest BCUT2D eigenvalue weighted by Gasteiger charge is -2.19. The molecule has 2 fully saturated rings. The molecule has 3 unspecified atom stereocenters. The highest BCUT2D eigenvalue weighted by atomic mass is 32.1. The highest BCUT2D eigenvalue weighted by Gasteiger charge is 2.53. The molecule has 2 aliphatic rings. The third-order valence-electron chi connectivity index (χ3n) is 5.17. The van der Waals surface area contributed by atoms with E-state index in [9.17, 15) is 0 Å². The van der Waals surface area contributed by atoms with Crippen LogP contribution >= 0.6 is 11.3 Å². The van der Waals surface area contributed by atoms with E-state index in [2.05, 4.69) is 29.1 Å². The Morgan fingerprint density at radius 2 is 2.11 bits per heavy atom. The zero-order valence-electron chi connectivity index (χ0n) is 12.1. The lowest BCUT2D eigenvalue weighted by atomic mass is 10.0. The van der Waals surface area contributed by atoms with Crippen molar-refractivity contribution < 1.29 is 0 Å². The van der Waals surface area contributed by atoms with Crippen LogP contribution in [0.4, 0.5) is 0 Å². The Labute approximate surface area is 121 Å². The van der Waals surface area contributed by atoms with Crippen LogP contribution in [0.2, 0.25) is 0 Å². The first-order valence-corrected chi connectivity index (χ1v) is 9.09. The Bertz CT molecular complexity index is 361. The van der Waals surface area contributed by atoms with Gasteiger partial charge in [-0.05, 0) is 78.8 Å². The number of nitrogens with one attached hydrogen (secondary N) is 1. The summed E-state index contributed by atoms with van der Waals surface area (Å²) in [6.07, 6.45) is 9.87. The van der Waals surface area contributed by atoms with Crippen molar-refractivity contribution in [2.45, 2.75) is 57.9 Å². The van der Waals surface area contributed by atoms with Gasteiger partial charge < -0.3 is 5.32 Å². The van der Waals surface area contributed by atoms with Crippen LogP contribution in [0.25, 0.3) is 0 Å². The predicted octanol–water partition coefficient (Wildman–Crippen LogP) is 4.49. The SMILES string of the molecule is CCCNC(CCc1ccsc1)C1C2CCCCC21. The average molecular weight is 277 g/mol. The molecule has 0 aromatic carbocycles. The molecule has 2 saturated carbocycles. The third-order valence-corrected chi connectivity index (χ3v) is 5.90. The van der Waals surface area contributed by atoms with Crippen LogP contribution in [0.5, 0.6) is 0 Å². The van der Waals surface area contributed by atoms with Crippen molar-refractivity contribution in [2.24, 2.45) is 17.8 Å². The normalized spacial score (nSPS) is 30.9. The first kappa shape index (κ1) is 13.6. The van der Waals surface area contributed by atoms with E-state index in [-0.39, 0.29) is 0 Å². The second-order valence-corrected chi connectivity index (χ2v) is 7.20. The maximum absolute atomic E-state index is 3.85. The second-order valence-electron chi connectivity index (χ2n) is 6.42. The van der Waals surface area contributed by atoms with E-state index in [0.717, 1.165) is 23.8 Å². The molecule has 0 spiro atoms. The standard InChI is InChI=1S/C17H27NS/c1-2-10-18-16(8-7-13-9-11-19-12-13)17-14-5-3-4-6-15(14)17/h9,11-12,14-18H,2-8,10H2,1H3. The van der Waals surface area contributed by atoms with Gasteiger partial charge in [-0.2, -0.15) is 11.3 Å². The molecule has 1 N–H and O–H groups in total. The van der Waals surface area contributed by atoms with Gasteiger partial charge in [0.15, 0.2) is 0 Å². The number of fused-ring (bicyclic) bond motifs is 1. The Balaban J connectivity index is 1.55. The van der Waals surface area contributed by atoms with E-state index >= 15 is 0 Å². The van der Waals surface area contributed by atoms with Crippen molar-refractivity contribution in [3.05, 3.63) is 22.4 Å². The molecule has 3 rings (SSSR count). The van der Waals surface area contributed by atoms with Crippen LogP contribution in [0, 0.1) is 17.8 Å². The van der Waals surface area contributed by atoms with Crippen LogP contribution in [-0.2, 0) is 6.42 Å². The maximum Gasteiger partial charge on any atom is 0.0104 e. The summed E-state index contributed by atoms with van der Waals surface area (Å²) in [7, 11) is 0. The van der Waals surface area contributed by atoms with Crippen LogP contribution < -0.4 is 5.32 Å². The molecule has 0 bridgehead atoms. The molecule has 0 radical (unpaired) electrons. The summed E-state index contributed by atoms with van der Waals surface area (Å²) in [5.41, 5.74) is 1.54. The zero-order valence-corrected chi connectivity index (χ0v) is 12.9. The monoisotopic (exact) mass is 277 g/mol. The van der Waals surface area contributed by atoms with Gasteiger partial charge >= 0.3 is 0 Å². The summed E-state index contributed by atoms with van der Waals surface area (Å²) in [6, 6.07) is 3.08. The van der Waals surface area contributed by atoms with Gasteiger partial charge in [-0.15, -0.1) is 0 Å². The van der Waals surface area contributed by atoms with Gasteiger partial charge in [0.2, 0.25) is 0 Å². The van der Waals surface area contributed by atoms with E-state index in [0.29, 0.717) is 0 Å². The van der Waals surface area contributed by atoms with Gasteiger partial charge in [0, 0.05) is 6.04 Å². The summed E-state index contributed by atoms with van der Waals surface area (Å²) in [5.74, 6) is 3.16. The fraction of sp³-hybridized carbons (Fsp3) is 0.765. The highest BCUT2D eigenvalue weighted by Crippen LogP contribution is 2.57. The number of hydrogen-bond acceptors (Lipinski definition) is 2. The van der Waals surface area contributed by atoms with Gasteiger partial charge in [-0.25, -0.2) is 0 Å². The molecule has 1 aromatic rings. The van der Waals surface area contributed by atoms with Gasteiger partial charge in [-0.1, -0.05) is 19.8 Å². The quantitative estimate of drug-likeness (QED) is 0.774. The highest BCUT2D eigenvalue weighted by molar-refractivity contribution is 7.07. The minimum Gasteiger partial charge on any atom is -0.314 e. The molecule has 19 heavy (non-hydrogen) atoms. The molecule has 0 aliphatic heterocycles. The first-order chi connectivity index (χ1) is 9.40. The van der Waals surface area contributed by atoms with Crippen molar-refractivity contribution >= 4 is 11.3 Å². The lowest BCUT2D eigenvalue weighted by Crippen LogP contribution is -2.33. The van der Waals surface area contributed by atoms with Crippen LogP contribution in [0.1, 0.15) is 51.0 Å². The van der Waals surface area contributed by atoms with E-state index in [1.807, 2.05) is 11.3 Å². The fourth-order valence-corrected chi connectivity index (χ4v) is 4.87. The number of thiophene rings is 1. The lowest BCUT2D eigenvalue weighted by molar-refractivity contribution is 0.407. The summed E-state index contributed by atoms with van der Waals surface area (Å²) >= 11 is 1.83. The Morgan fingerprint density at radius 3 is 2.74 bits per heavy atom. The van der Waals surface area contributed by atoms with Crippen molar-refractivity contribution in [2.75, 3.05) is 6.54 Å². The molecule has 2 aliphatic carbocycles. The molecule has 106 valence electrons. The van der Waals surface area contributed by atoms with Gasteiger partial charge in [-0.3, -0.25) is 0 Å². The minimum absolute atomic E-state index is 0.785. The predicted molar refractivity (Wildman–Crippen MR) is 83.7 cm³/mol. The van der Waals surface area contributed by atoms with Crippen molar-refractivity contribution in [3.63, 3.8) is 0 Å². The molecule has 1 aromatic heterocycles. The largest absolute Gasteiger partial charge is 0.314 e. The molecule has 0 amide bonds. The van der Waals surface area contributed by atoms with Gasteiger partial charge in [0.05, 0.1) is 0 Å². The van der Waals surface area contributed by atoms with Gasteiger partial charge in [0.1, 0.15) is 0 Å². The van der Waals surface area contributed by atoms with Crippen LogP contribution in [0.3, 0.4) is 0 Å². The zero-order chi connectivity index (χ0) is 13.1. The molecule has 2 heteroatoms. The Hall–Kier alpha value is -0.340. The fourth-order valence-electron chi connectivity index (χ4n) is 4.16. The van der Waals surface area contributed by atoms with Gasteiger partial charge in [0.25, 0.3) is 0 Å². The Morgan fingerprint density at radius 1 is 1.32 bits per heavy atom. The smallest absolute Gasteiger partial charge is 0.0104 e. The second kappa shape index (κ2) is 6.41. The topological polar surface area (TPSA) is 12.0 Å². The van der Waals surface area contributed by atoms with Crippen LogP contribution in [0.15, 0.2) is 16.8 Å². The first-order valence-electron chi connectivity index (χ1n) is 8.14.